The van der Waals surface area contributed by atoms with E-state index in [4.69, 9.17) is 0 Å². The first kappa shape index (κ1) is 10.7. The highest BCUT2D eigenvalue weighted by Crippen LogP contribution is 2.06. The molecule has 1 unspecified atom stereocenters. The number of rotatable bonds is 3. The molecule has 0 saturated heterocycles. The summed E-state index contributed by atoms with van der Waals surface area (Å²) in [5, 5.41) is 0. The Balaban J connectivity index is 2.76. The van der Waals surface area contributed by atoms with Crippen LogP contribution in [-0.4, -0.2) is 28.9 Å². The van der Waals surface area contributed by atoms with Gasteiger partial charge in [0.05, 0.1) is 5.56 Å². The van der Waals surface area contributed by atoms with Gasteiger partial charge in [-0.2, -0.15) is 0 Å². The molecule has 0 fully saturated rings. The fraction of sp³-hybridized carbons (Fsp3) is 0.455. The lowest BCUT2D eigenvalue weighted by molar-refractivity contribution is 0.0740. The zero-order chi connectivity index (χ0) is 10.6. The van der Waals surface area contributed by atoms with Crippen molar-refractivity contribution < 1.29 is 4.79 Å². The third-order valence-electron chi connectivity index (χ3n) is 2.48. The number of pyridine rings is 1. The van der Waals surface area contributed by atoms with Gasteiger partial charge < -0.3 is 4.90 Å². The van der Waals surface area contributed by atoms with Crippen LogP contribution in [0, 0.1) is 0 Å². The molecule has 76 valence electrons. The summed E-state index contributed by atoms with van der Waals surface area (Å²) in [7, 11) is 1.82. The lowest BCUT2D eigenvalue weighted by Crippen LogP contribution is -2.34. The molecule has 3 heteroatoms. The van der Waals surface area contributed by atoms with E-state index in [0.717, 1.165) is 6.42 Å². The van der Waals surface area contributed by atoms with Gasteiger partial charge in [0, 0.05) is 25.5 Å². The Morgan fingerprint density at radius 3 is 2.86 bits per heavy atom. The molecule has 0 N–H and O–H groups in total. The highest BCUT2D eigenvalue weighted by molar-refractivity contribution is 5.93. The molecule has 3 nitrogen and oxygen atoms in total. The molecule has 0 saturated carbocycles. The summed E-state index contributed by atoms with van der Waals surface area (Å²) >= 11 is 0. The molecule has 1 atom stereocenters. The van der Waals surface area contributed by atoms with E-state index in [1.54, 1.807) is 29.4 Å². The van der Waals surface area contributed by atoms with Crippen molar-refractivity contribution in [3.63, 3.8) is 0 Å². The second-order valence-electron chi connectivity index (χ2n) is 3.42. The van der Waals surface area contributed by atoms with Crippen LogP contribution in [0.4, 0.5) is 0 Å². The van der Waals surface area contributed by atoms with E-state index in [1.165, 1.54) is 0 Å². The van der Waals surface area contributed by atoms with Crippen LogP contribution in [0.25, 0.3) is 0 Å². The fourth-order valence-corrected chi connectivity index (χ4v) is 1.17. The van der Waals surface area contributed by atoms with Crippen LogP contribution >= 0.6 is 0 Å². The zero-order valence-electron chi connectivity index (χ0n) is 8.90. The van der Waals surface area contributed by atoms with Crippen molar-refractivity contribution in [2.45, 2.75) is 26.3 Å². The van der Waals surface area contributed by atoms with E-state index in [-0.39, 0.29) is 11.9 Å². The second kappa shape index (κ2) is 4.74. The van der Waals surface area contributed by atoms with Gasteiger partial charge in [0.1, 0.15) is 0 Å². The molecule has 0 aromatic carbocycles. The number of aromatic nitrogens is 1. The Morgan fingerprint density at radius 1 is 1.64 bits per heavy atom. The number of hydrogen-bond acceptors (Lipinski definition) is 2. The molecule has 0 aliphatic carbocycles. The van der Waals surface area contributed by atoms with Crippen LogP contribution in [0.5, 0.6) is 0 Å². The zero-order valence-corrected chi connectivity index (χ0v) is 8.90. The van der Waals surface area contributed by atoms with Gasteiger partial charge in [-0.1, -0.05) is 6.92 Å². The molecule has 1 rings (SSSR count). The monoisotopic (exact) mass is 192 g/mol. The Hall–Kier alpha value is -1.38. The second-order valence-corrected chi connectivity index (χ2v) is 3.42. The van der Waals surface area contributed by atoms with Crippen LogP contribution in [0.3, 0.4) is 0 Å². The highest BCUT2D eigenvalue weighted by atomic mass is 16.2. The minimum absolute atomic E-state index is 0.0347. The van der Waals surface area contributed by atoms with Crippen molar-refractivity contribution in [2.24, 2.45) is 0 Å². The topological polar surface area (TPSA) is 33.2 Å². The van der Waals surface area contributed by atoms with Gasteiger partial charge in [-0.05, 0) is 25.5 Å². The summed E-state index contributed by atoms with van der Waals surface area (Å²) in [5.74, 6) is 0.0347. The predicted octanol–water partition coefficient (Wildman–Crippen LogP) is 1.95. The maximum Gasteiger partial charge on any atom is 0.255 e. The van der Waals surface area contributed by atoms with E-state index < -0.39 is 0 Å². The Labute approximate surface area is 84.8 Å². The summed E-state index contributed by atoms with van der Waals surface area (Å²) in [6.07, 6.45) is 4.23. The molecule has 1 aromatic rings. The van der Waals surface area contributed by atoms with E-state index in [1.807, 2.05) is 14.0 Å². The number of carbonyl (C=O) groups excluding carboxylic acids is 1. The van der Waals surface area contributed by atoms with Gasteiger partial charge in [0.2, 0.25) is 0 Å². The third-order valence-corrected chi connectivity index (χ3v) is 2.48. The van der Waals surface area contributed by atoms with Gasteiger partial charge in [-0.15, -0.1) is 0 Å². The van der Waals surface area contributed by atoms with Gasteiger partial charge in [0.25, 0.3) is 5.91 Å². The Kier molecular flexibility index (Phi) is 3.63. The summed E-state index contributed by atoms with van der Waals surface area (Å²) in [6.45, 7) is 4.10. The Morgan fingerprint density at radius 2 is 2.36 bits per heavy atom. The first-order chi connectivity index (χ1) is 6.66. The highest BCUT2D eigenvalue weighted by Gasteiger charge is 2.15. The molecule has 1 amide bonds. The van der Waals surface area contributed by atoms with Crippen molar-refractivity contribution in [3.05, 3.63) is 30.1 Å². The number of amides is 1. The Bertz CT molecular complexity index is 297. The summed E-state index contributed by atoms with van der Waals surface area (Å²) in [5.41, 5.74) is 0.648. The summed E-state index contributed by atoms with van der Waals surface area (Å²) < 4.78 is 0. The van der Waals surface area contributed by atoms with Crippen molar-refractivity contribution in [1.82, 2.24) is 9.88 Å². The molecule has 0 bridgehead atoms. The predicted molar refractivity (Wildman–Crippen MR) is 56.1 cm³/mol. The lowest BCUT2D eigenvalue weighted by Gasteiger charge is -2.23. The molecule has 0 aliphatic heterocycles. The molecule has 1 aromatic heterocycles. The molecule has 0 aliphatic rings. The number of nitrogens with zero attached hydrogens (tertiary/aromatic N) is 2. The van der Waals surface area contributed by atoms with Crippen LogP contribution in [0.2, 0.25) is 0 Å². The normalized spacial score (nSPS) is 12.2. The summed E-state index contributed by atoms with van der Waals surface area (Å²) in [6, 6.07) is 3.83. The van der Waals surface area contributed by atoms with Crippen molar-refractivity contribution in [2.75, 3.05) is 7.05 Å². The average Bonchev–Trinajstić information content (AvgIpc) is 2.27. The quantitative estimate of drug-likeness (QED) is 0.733. The maximum absolute atomic E-state index is 11.8. The van der Waals surface area contributed by atoms with Crippen LogP contribution in [0.1, 0.15) is 30.6 Å². The first-order valence-corrected chi connectivity index (χ1v) is 4.84. The number of carbonyl (C=O) groups is 1. The standard InChI is InChI=1S/C11H16N2O/c1-4-9(2)13(3)11(14)10-6-5-7-12-8-10/h5-9H,4H2,1-3H3. The van der Waals surface area contributed by atoms with Crippen LogP contribution in [-0.2, 0) is 0 Å². The minimum atomic E-state index is 0.0347. The van der Waals surface area contributed by atoms with E-state index in [9.17, 15) is 4.79 Å². The molecule has 1 heterocycles. The van der Waals surface area contributed by atoms with Gasteiger partial charge in [-0.3, -0.25) is 9.78 Å². The van der Waals surface area contributed by atoms with E-state index in [0.29, 0.717) is 5.56 Å². The lowest BCUT2D eigenvalue weighted by atomic mass is 10.2. The van der Waals surface area contributed by atoms with E-state index >= 15 is 0 Å². The smallest absolute Gasteiger partial charge is 0.255 e. The SMILES string of the molecule is CCC(C)N(C)C(=O)c1cccnc1. The van der Waals surface area contributed by atoms with Crippen molar-refractivity contribution in [3.8, 4) is 0 Å². The molecule has 0 spiro atoms. The molecule has 14 heavy (non-hydrogen) atoms. The minimum Gasteiger partial charge on any atom is -0.339 e. The number of hydrogen-bond donors (Lipinski definition) is 0. The van der Waals surface area contributed by atoms with Crippen molar-refractivity contribution >= 4 is 5.91 Å². The van der Waals surface area contributed by atoms with Gasteiger partial charge >= 0.3 is 0 Å². The largest absolute Gasteiger partial charge is 0.339 e. The maximum atomic E-state index is 11.8. The summed E-state index contributed by atoms with van der Waals surface area (Å²) in [4.78, 5) is 17.5. The van der Waals surface area contributed by atoms with Gasteiger partial charge in [-0.25, -0.2) is 0 Å². The molecular formula is C11H16N2O. The average molecular weight is 192 g/mol. The van der Waals surface area contributed by atoms with Crippen LogP contribution < -0.4 is 0 Å². The first-order valence-electron chi connectivity index (χ1n) is 4.84. The van der Waals surface area contributed by atoms with E-state index in [2.05, 4.69) is 11.9 Å². The van der Waals surface area contributed by atoms with Crippen LogP contribution in [0.15, 0.2) is 24.5 Å². The van der Waals surface area contributed by atoms with Crippen molar-refractivity contribution in [1.29, 1.82) is 0 Å². The third kappa shape index (κ3) is 2.31. The molecule has 0 radical (unpaired) electrons. The van der Waals surface area contributed by atoms with Gasteiger partial charge in [0.15, 0.2) is 0 Å². The fourth-order valence-electron chi connectivity index (χ4n) is 1.17. The molecular weight excluding hydrogens is 176 g/mol.